The zero-order valence-corrected chi connectivity index (χ0v) is 18.1. The molecular formula is C17H26BrFIN3O. The molecule has 0 heterocycles. The van der Waals surface area contributed by atoms with E-state index in [0.717, 1.165) is 35.6 Å². The minimum absolute atomic E-state index is 0. The number of aliphatic imine (C=N–C) groups is 1. The SMILES string of the molecule is CN=C(NCc1cc(F)cc(Br)c1)NCC1(CCOC)CCC1.I. The Bertz CT molecular complexity index is 532. The Balaban J connectivity index is 0.00000288. The zero-order valence-electron chi connectivity index (χ0n) is 14.2. The first-order valence-corrected chi connectivity index (χ1v) is 8.75. The number of benzene rings is 1. The maximum Gasteiger partial charge on any atom is 0.191 e. The Morgan fingerprint density at radius 1 is 1.33 bits per heavy atom. The summed E-state index contributed by atoms with van der Waals surface area (Å²) in [6.45, 7) is 2.22. The Hall–Kier alpha value is -0.410. The van der Waals surface area contributed by atoms with Crippen LogP contribution in [0.25, 0.3) is 0 Å². The van der Waals surface area contributed by atoms with Crippen molar-refractivity contribution in [2.24, 2.45) is 10.4 Å². The highest BCUT2D eigenvalue weighted by Crippen LogP contribution is 2.43. The standard InChI is InChI=1S/C17H25BrFN3O.HI/c1-20-16(21-11-13-8-14(18)10-15(19)9-13)22-12-17(4-3-5-17)6-7-23-2;/h8-10H,3-7,11-12H2,1-2H3,(H2,20,21,22);1H. The molecule has 1 aromatic carbocycles. The van der Waals surface area contributed by atoms with Crippen molar-refractivity contribution in [1.29, 1.82) is 0 Å². The van der Waals surface area contributed by atoms with Crippen molar-refractivity contribution in [1.82, 2.24) is 10.6 Å². The molecule has 7 heteroatoms. The van der Waals surface area contributed by atoms with E-state index in [4.69, 9.17) is 4.74 Å². The van der Waals surface area contributed by atoms with Crippen molar-refractivity contribution in [2.75, 3.05) is 27.3 Å². The van der Waals surface area contributed by atoms with Gasteiger partial charge in [0.2, 0.25) is 0 Å². The third-order valence-electron chi connectivity index (χ3n) is 4.49. The summed E-state index contributed by atoms with van der Waals surface area (Å²) in [6.07, 6.45) is 4.83. The number of ether oxygens (including phenoxy) is 1. The summed E-state index contributed by atoms with van der Waals surface area (Å²) in [7, 11) is 3.50. The molecule has 1 saturated carbocycles. The first-order valence-electron chi connectivity index (χ1n) is 7.95. The molecule has 24 heavy (non-hydrogen) atoms. The maximum absolute atomic E-state index is 13.4. The van der Waals surface area contributed by atoms with Crippen LogP contribution in [-0.2, 0) is 11.3 Å². The van der Waals surface area contributed by atoms with E-state index in [9.17, 15) is 4.39 Å². The van der Waals surface area contributed by atoms with Gasteiger partial charge in [0.05, 0.1) is 0 Å². The molecule has 1 aliphatic carbocycles. The highest BCUT2D eigenvalue weighted by atomic mass is 127. The van der Waals surface area contributed by atoms with E-state index >= 15 is 0 Å². The van der Waals surface area contributed by atoms with Gasteiger partial charge in [0.15, 0.2) is 5.96 Å². The molecule has 1 fully saturated rings. The monoisotopic (exact) mass is 513 g/mol. The second-order valence-electron chi connectivity index (χ2n) is 6.15. The fraction of sp³-hybridized carbons (Fsp3) is 0.588. The molecule has 0 aromatic heterocycles. The maximum atomic E-state index is 13.4. The average Bonchev–Trinajstić information content (AvgIpc) is 2.47. The van der Waals surface area contributed by atoms with E-state index in [0.29, 0.717) is 12.0 Å². The largest absolute Gasteiger partial charge is 0.385 e. The molecule has 0 atom stereocenters. The molecule has 0 radical (unpaired) electrons. The molecule has 0 amide bonds. The molecule has 1 aromatic rings. The van der Waals surface area contributed by atoms with Gasteiger partial charge in [0.1, 0.15) is 5.82 Å². The molecule has 2 rings (SSSR count). The molecular weight excluding hydrogens is 488 g/mol. The van der Waals surface area contributed by atoms with Crippen molar-refractivity contribution >= 4 is 45.9 Å². The number of guanidine groups is 1. The second kappa shape index (κ2) is 10.6. The van der Waals surface area contributed by atoms with Gasteiger partial charge < -0.3 is 15.4 Å². The Morgan fingerprint density at radius 3 is 2.62 bits per heavy atom. The third-order valence-corrected chi connectivity index (χ3v) is 4.95. The van der Waals surface area contributed by atoms with Gasteiger partial charge in [-0.05, 0) is 48.4 Å². The lowest BCUT2D eigenvalue weighted by molar-refractivity contribution is 0.0732. The van der Waals surface area contributed by atoms with Gasteiger partial charge in [-0.3, -0.25) is 4.99 Å². The van der Waals surface area contributed by atoms with Gasteiger partial charge in [-0.2, -0.15) is 0 Å². The van der Waals surface area contributed by atoms with Gasteiger partial charge in [-0.15, -0.1) is 24.0 Å². The van der Waals surface area contributed by atoms with Crippen LogP contribution in [0.3, 0.4) is 0 Å². The molecule has 0 aliphatic heterocycles. The van der Waals surface area contributed by atoms with E-state index in [1.807, 2.05) is 6.07 Å². The minimum atomic E-state index is -0.243. The van der Waals surface area contributed by atoms with Gasteiger partial charge in [0.25, 0.3) is 0 Å². The Kier molecular flexibility index (Phi) is 9.51. The molecule has 2 N–H and O–H groups in total. The number of nitrogens with zero attached hydrogens (tertiary/aromatic N) is 1. The molecule has 1 aliphatic rings. The fourth-order valence-electron chi connectivity index (χ4n) is 2.90. The first kappa shape index (κ1) is 21.6. The van der Waals surface area contributed by atoms with Crippen LogP contribution in [0, 0.1) is 11.2 Å². The Morgan fingerprint density at radius 2 is 2.08 bits per heavy atom. The van der Waals surface area contributed by atoms with Crippen LogP contribution in [0.1, 0.15) is 31.2 Å². The lowest BCUT2D eigenvalue weighted by atomic mass is 9.67. The van der Waals surface area contributed by atoms with Gasteiger partial charge in [0, 0.05) is 38.3 Å². The predicted molar refractivity (Wildman–Crippen MR) is 110 cm³/mol. The molecule has 0 spiro atoms. The summed E-state index contributed by atoms with van der Waals surface area (Å²) >= 11 is 3.31. The zero-order chi connectivity index (χ0) is 16.7. The van der Waals surface area contributed by atoms with Crippen LogP contribution in [0.15, 0.2) is 27.7 Å². The van der Waals surface area contributed by atoms with Crippen LogP contribution in [0.2, 0.25) is 0 Å². The first-order chi connectivity index (χ1) is 11.1. The highest BCUT2D eigenvalue weighted by Gasteiger charge is 2.36. The number of hydrogen-bond donors (Lipinski definition) is 2. The summed E-state index contributed by atoms with van der Waals surface area (Å²) in [5.41, 5.74) is 1.20. The highest BCUT2D eigenvalue weighted by molar-refractivity contribution is 14.0. The minimum Gasteiger partial charge on any atom is -0.385 e. The third kappa shape index (κ3) is 6.48. The summed E-state index contributed by atoms with van der Waals surface area (Å²) in [5, 5.41) is 6.64. The molecule has 0 saturated heterocycles. The van der Waals surface area contributed by atoms with Crippen LogP contribution < -0.4 is 10.6 Å². The van der Waals surface area contributed by atoms with E-state index in [1.54, 1.807) is 14.2 Å². The average molecular weight is 514 g/mol. The molecule has 136 valence electrons. The quantitative estimate of drug-likeness (QED) is 0.328. The van der Waals surface area contributed by atoms with Crippen LogP contribution >= 0.6 is 39.9 Å². The van der Waals surface area contributed by atoms with Crippen LogP contribution in [0.5, 0.6) is 0 Å². The number of halogens is 3. The normalized spacial score (nSPS) is 16.1. The van der Waals surface area contributed by atoms with Crippen molar-refractivity contribution in [2.45, 2.75) is 32.2 Å². The van der Waals surface area contributed by atoms with Crippen LogP contribution in [0.4, 0.5) is 4.39 Å². The summed E-state index contributed by atoms with van der Waals surface area (Å²) in [5.74, 6) is 0.501. The summed E-state index contributed by atoms with van der Waals surface area (Å²) in [6, 6.07) is 4.87. The van der Waals surface area contributed by atoms with Crippen molar-refractivity contribution < 1.29 is 9.13 Å². The van der Waals surface area contributed by atoms with Crippen LogP contribution in [-0.4, -0.2) is 33.3 Å². The Labute approximate surface area is 169 Å². The number of methoxy groups -OCH3 is 1. The summed E-state index contributed by atoms with van der Waals surface area (Å²) < 4.78 is 19.4. The van der Waals surface area contributed by atoms with Crippen molar-refractivity contribution in [3.8, 4) is 0 Å². The fourth-order valence-corrected chi connectivity index (χ4v) is 3.41. The number of nitrogens with one attached hydrogen (secondary N) is 2. The van der Waals surface area contributed by atoms with E-state index < -0.39 is 0 Å². The van der Waals surface area contributed by atoms with Gasteiger partial charge >= 0.3 is 0 Å². The van der Waals surface area contributed by atoms with E-state index in [1.165, 1.54) is 31.4 Å². The van der Waals surface area contributed by atoms with E-state index in [-0.39, 0.29) is 29.8 Å². The summed E-state index contributed by atoms with van der Waals surface area (Å²) in [4.78, 5) is 4.25. The number of rotatable bonds is 7. The molecule has 0 bridgehead atoms. The van der Waals surface area contributed by atoms with E-state index in [2.05, 4.69) is 31.6 Å². The van der Waals surface area contributed by atoms with Crippen molar-refractivity contribution in [3.63, 3.8) is 0 Å². The predicted octanol–water partition coefficient (Wildman–Crippen LogP) is 4.08. The number of hydrogen-bond acceptors (Lipinski definition) is 2. The lowest BCUT2D eigenvalue weighted by Crippen LogP contribution is -2.46. The topological polar surface area (TPSA) is 45.7 Å². The van der Waals surface area contributed by atoms with Gasteiger partial charge in [-0.1, -0.05) is 22.4 Å². The molecule has 0 unspecified atom stereocenters. The molecule has 4 nitrogen and oxygen atoms in total. The van der Waals surface area contributed by atoms with Gasteiger partial charge in [-0.25, -0.2) is 4.39 Å². The second-order valence-corrected chi connectivity index (χ2v) is 7.07. The smallest absolute Gasteiger partial charge is 0.191 e. The van der Waals surface area contributed by atoms with Crippen molar-refractivity contribution in [3.05, 3.63) is 34.1 Å². The lowest BCUT2D eigenvalue weighted by Gasteiger charge is -2.42.